The largest absolute Gasteiger partial charge is 0.350 e. The highest BCUT2D eigenvalue weighted by Gasteiger charge is 2.22. The van der Waals surface area contributed by atoms with Crippen LogP contribution in [0, 0.1) is 5.92 Å². The molecule has 0 radical (unpaired) electrons. The van der Waals surface area contributed by atoms with E-state index in [1.807, 2.05) is 24.1 Å². The van der Waals surface area contributed by atoms with Gasteiger partial charge in [-0.3, -0.25) is 9.58 Å². The van der Waals surface area contributed by atoms with Gasteiger partial charge in [0.1, 0.15) is 0 Å². The van der Waals surface area contributed by atoms with Gasteiger partial charge in [0.2, 0.25) is 10.0 Å². The zero-order chi connectivity index (χ0) is 17.2. The number of hydrogen-bond acceptors (Lipinski definition) is 4. The van der Waals surface area contributed by atoms with Crippen LogP contribution in [-0.4, -0.2) is 47.0 Å². The lowest BCUT2D eigenvalue weighted by atomic mass is 10.1. The molecular formula is C16H25N5O2S. The van der Waals surface area contributed by atoms with Crippen molar-refractivity contribution in [3.63, 3.8) is 0 Å². The number of sulfonamides is 1. The lowest BCUT2D eigenvalue weighted by molar-refractivity contribution is 0.216. The second kappa shape index (κ2) is 7.08. The minimum Gasteiger partial charge on any atom is -0.350 e. The lowest BCUT2D eigenvalue weighted by Gasteiger charge is -2.23. The molecule has 3 heterocycles. The molecular weight excluding hydrogens is 326 g/mol. The van der Waals surface area contributed by atoms with Crippen molar-refractivity contribution in [2.75, 3.05) is 19.3 Å². The number of hydrogen-bond donors (Lipinski definition) is 1. The Morgan fingerprint density at radius 2 is 2.21 bits per heavy atom. The summed E-state index contributed by atoms with van der Waals surface area (Å²) in [5.74, 6) is 0.407. The van der Waals surface area contributed by atoms with Gasteiger partial charge in [-0.2, -0.15) is 5.10 Å². The molecule has 1 atom stereocenters. The first-order valence-corrected chi connectivity index (χ1v) is 10.1. The van der Waals surface area contributed by atoms with E-state index in [1.165, 1.54) is 17.5 Å². The van der Waals surface area contributed by atoms with Crippen LogP contribution in [0.25, 0.3) is 0 Å². The van der Waals surface area contributed by atoms with E-state index in [9.17, 15) is 8.42 Å². The van der Waals surface area contributed by atoms with E-state index in [-0.39, 0.29) is 0 Å². The van der Waals surface area contributed by atoms with Crippen LogP contribution in [0.1, 0.15) is 17.7 Å². The molecule has 3 rings (SSSR count). The molecule has 0 aromatic carbocycles. The molecule has 1 aliphatic heterocycles. The minimum atomic E-state index is -3.12. The van der Waals surface area contributed by atoms with Crippen LogP contribution in [0.3, 0.4) is 0 Å². The van der Waals surface area contributed by atoms with Crippen molar-refractivity contribution in [2.45, 2.75) is 26.1 Å². The number of fused-ring (bicyclic) bond motifs is 1. The van der Waals surface area contributed by atoms with Crippen LogP contribution in [0.4, 0.5) is 0 Å². The van der Waals surface area contributed by atoms with Crippen molar-refractivity contribution in [3.8, 4) is 0 Å². The highest BCUT2D eigenvalue weighted by Crippen LogP contribution is 2.20. The Morgan fingerprint density at radius 1 is 1.38 bits per heavy atom. The Hall–Kier alpha value is -1.64. The van der Waals surface area contributed by atoms with Gasteiger partial charge >= 0.3 is 0 Å². The average molecular weight is 351 g/mol. The van der Waals surface area contributed by atoms with E-state index in [1.54, 1.807) is 0 Å². The van der Waals surface area contributed by atoms with E-state index < -0.39 is 10.0 Å². The summed E-state index contributed by atoms with van der Waals surface area (Å²) in [6, 6.07) is 4.24. The third kappa shape index (κ3) is 4.68. The minimum absolute atomic E-state index is 0.407. The molecule has 24 heavy (non-hydrogen) atoms. The maximum atomic E-state index is 11.3. The van der Waals surface area contributed by atoms with Gasteiger partial charge < -0.3 is 4.57 Å². The van der Waals surface area contributed by atoms with E-state index >= 15 is 0 Å². The topological polar surface area (TPSA) is 72.2 Å². The van der Waals surface area contributed by atoms with Crippen molar-refractivity contribution in [1.29, 1.82) is 0 Å². The Labute approximate surface area is 143 Å². The molecule has 2 aromatic heterocycles. The van der Waals surface area contributed by atoms with Crippen molar-refractivity contribution in [2.24, 2.45) is 13.0 Å². The fourth-order valence-corrected chi connectivity index (χ4v) is 3.82. The SMILES string of the molecule is Cn1cc(CN2Cc3cccn3C[C@H](CCNS(C)(=O)=O)C2)cn1. The monoisotopic (exact) mass is 351 g/mol. The van der Waals surface area contributed by atoms with Crippen LogP contribution < -0.4 is 4.72 Å². The van der Waals surface area contributed by atoms with Gasteiger partial charge in [-0.15, -0.1) is 0 Å². The Morgan fingerprint density at radius 3 is 2.92 bits per heavy atom. The fraction of sp³-hybridized carbons (Fsp3) is 0.562. The number of nitrogens with zero attached hydrogens (tertiary/aromatic N) is 4. The van der Waals surface area contributed by atoms with E-state index in [0.29, 0.717) is 12.5 Å². The first kappa shape index (κ1) is 17.2. The standard InChI is InChI=1S/C16H25N5O2S/c1-19-9-15(8-17-19)11-20-10-14(5-6-18-24(2,22)23)12-21-7-3-4-16(21)13-20/h3-4,7-9,14,18H,5-6,10-13H2,1-2H3/t14-/m1/s1. The number of aryl methyl sites for hydroxylation is 1. The quantitative estimate of drug-likeness (QED) is 0.835. The highest BCUT2D eigenvalue weighted by atomic mass is 32.2. The van der Waals surface area contributed by atoms with Crippen LogP contribution >= 0.6 is 0 Å². The third-order valence-corrected chi connectivity index (χ3v) is 5.09. The smallest absolute Gasteiger partial charge is 0.208 e. The van der Waals surface area contributed by atoms with Gasteiger partial charge in [0.15, 0.2) is 0 Å². The summed E-state index contributed by atoms with van der Waals surface area (Å²) < 4.78 is 29.3. The number of nitrogens with one attached hydrogen (secondary N) is 1. The predicted octanol–water partition coefficient (Wildman–Crippen LogP) is 0.793. The van der Waals surface area contributed by atoms with Gasteiger partial charge in [-0.25, -0.2) is 13.1 Å². The second-order valence-electron chi connectivity index (χ2n) is 6.66. The summed E-state index contributed by atoms with van der Waals surface area (Å²) in [5.41, 5.74) is 2.50. The van der Waals surface area contributed by atoms with Gasteiger partial charge in [-0.1, -0.05) is 0 Å². The molecule has 0 saturated carbocycles. The molecule has 0 aliphatic carbocycles. The molecule has 2 aromatic rings. The van der Waals surface area contributed by atoms with E-state index in [0.717, 1.165) is 32.6 Å². The molecule has 0 bridgehead atoms. The molecule has 1 aliphatic rings. The zero-order valence-corrected chi connectivity index (χ0v) is 15.0. The molecule has 7 nitrogen and oxygen atoms in total. The summed E-state index contributed by atoms with van der Waals surface area (Å²) in [4.78, 5) is 2.42. The first-order chi connectivity index (χ1) is 11.4. The second-order valence-corrected chi connectivity index (χ2v) is 8.50. The van der Waals surface area contributed by atoms with Crippen LogP contribution in [0.2, 0.25) is 0 Å². The molecule has 0 unspecified atom stereocenters. The van der Waals surface area contributed by atoms with Gasteiger partial charge in [-0.05, 0) is 24.5 Å². The van der Waals surface area contributed by atoms with Gasteiger partial charge in [0, 0.05) is 63.4 Å². The first-order valence-electron chi connectivity index (χ1n) is 8.17. The Kier molecular flexibility index (Phi) is 5.07. The van der Waals surface area contributed by atoms with E-state index in [2.05, 4.69) is 37.6 Å². The highest BCUT2D eigenvalue weighted by molar-refractivity contribution is 7.88. The summed E-state index contributed by atoms with van der Waals surface area (Å²) in [5, 5.41) is 4.24. The van der Waals surface area contributed by atoms with Crippen LogP contribution in [-0.2, 0) is 36.7 Å². The number of aromatic nitrogens is 3. The molecule has 132 valence electrons. The molecule has 0 fully saturated rings. The fourth-order valence-electron chi connectivity index (χ4n) is 3.33. The van der Waals surface area contributed by atoms with Crippen LogP contribution in [0.15, 0.2) is 30.7 Å². The molecule has 0 spiro atoms. The molecule has 0 amide bonds. The van der Waals surface area contributed by atoms with Crippen molar-refractivity contribution < 1.29 is 8.42 Å². The van der Waals surface area contributed by atoms with Gasteiger partial charge in [0.25, 0.3) is 0 Å². The lowest BCUT2D eigenvalue weighted by Crippen LogP contribution is -2.31. The van der Waals surface area contributed by atoms with Crippen molar-refractivity contribution in [1.82, 2.24) is 24.0 Å². The van der Waals surface area contributed by atoms with E-state index in [4.69, 9.17) is 0 Å². The normalized spacial score (nSPS) is 19.2. The summed E-state index contributed by atoms with van der Waals surface area (Å²) in [6.45, 7) is 4.12. The third-order valence-electron chi connectivity index (χ3n) is 4.36. The van der Waals surface area contributed by atoms with Crippen LogP contribution in [0.5, 0.6) is 0 Å². The summed E-state index contributed by atoms with van der Waals surface area (Å²) in [7, 11) is -1.20. The average Bonchev–Trinajstić information content (AvgIpc) is 3.03. The Bertz CT molecular complexity index is 780. The number of rotatable bonds is 6. The summed E-state index contributed by atoms with van der Waals surface area (Å²) in [6.07, 6.45) is 8.10. The molecule has 8 heteroatoms. The Balaban J connectivity index is 1.68. The van der Waals surface area contributed by atoms with Crippen molar-refractivity contribution in [3.05, 3.63) is 42.0 Å². The van der Waals surface area contributed by atoms with Gasteiger partial charge in [0.05, 0.1) is 12.5 Å². The molecule has 0 saturated heterocycles. The maximum Gasteiger partial charge on any atom is 0.208 e. The zero-order valence-electron chi connectivity index (χ0n) is 14.2. The summed E-state index contributed by atoms with van der Waals surface area (Å²) >= 11 is 0. The maximum absolute atomic E-state index is 11.3. The van der Waals surface area contributed by atoms with Crippen molar-refractivity contribution >= 4 is 10.0 Å². The predicted molar refractivity (Wildman–Crippen MR) is 92.7 cm³/mol. The molecule has 1 N–H and O–H groups in total.